The minimum absolute atomic E-state index is 0.0933. The Morgan fingerprint density at radius 3 is 2.33 bits per heavy atom. The Labute approximate surface area is 157 Å². The van der Waals surface area contributed by atoms with E-state index < -0.39 is 17.6 Å². The molecule has 0 spiro atoms. The van der Waals surface area contributed by atoms with E-state index in [2.05, 4.69) is 10.3 Å². The van der Waals surface area contributed by atoms with Gasteiger partial charge in [0.1, 0.15) is 11.9 Å². The number of pyridine rings is 1. The average molecular weight is 384 g/mol. The lowest BCUT2D eigenvalue weighted by Crippen LogP contribution is -2.39. The zero-order valence-corrected chi connectivity index (χ0v) is 15.7. The highest BCUT2D eigenvalue weighted by molar-refractivity contribution is 5.46. The van der Waals surface area contributed by atoms with Gasteiger partial charge in [-0.2, -0.15) is 18.2 Å². The van der Waals surface area contributed by atoms with E-state index in [0.29, 0.717) is 36.6 Å². The van der Waals surface area contributed by atoms with Crippen molar-refractivity contribution in [2.75, 3.05) is 31.1 Å². The first kappa shape index (κ1) is 18.8. The van der Waals surface area contributed by atoms with Crippen LogP contribution in [0.25, 0.3) is 0 Å². The van der Waals surface area contributed by atoms with Crippen LogP contribution in [0.1, 0.15) is 32.3 Å². The summed E-state index contributed by atoms with van der Waals surface area (Å²) in [6.07, 6.45) is -3.75. The number of piperidine rings is 2. The molecule has 8 heteroatoms. The Balaban J connectivity index is 1.52. The van der Waals surface area contributed by atoms with Crippen LogP contribution in [0.15, 0.2) is 12.1 Å². The van der Waals surface area contributed by atoms with Gasteiger partial charge in [0, 0.05) is 49.6 Å². The standard InChI is InChI=1S/C19H27F3N4O/c1-18(2,23)12-7-15(26-5-3-11(4-6-26)19(20,21)22)25-16(8-12)27-17-13-9-24-10-14(13)17/h7-8,11,13-14,17,24H,3-6,9-10,23H2,1-2H3. The first-order chi connectivity index (χ1) is 12.6. The zero-order chi connectivity index (χ0) is 19.4. The summed E-state index contributed by atoms with van der Waals surface area (Å²) in [5, 5.41) is 3.33. The number of hydrogen-bond donors (Lipinski definition) is 2. The molecule has 0 aromatic carbocycles. The molecular formula is C19H27F3N4O. The van der Waals surface area contributed by atoms with Gasteiger partial charge in [-0.1, -0.05) is 0 Å². The van der Waals surface area contributed by atoms with Crippen molar-refractivity contribution < 1.29 is 17.9 Å². The van der Waals surface area contributed by atoms with Gasteiger partial charge < -0.3 is 20.7 Å². The molecule has 0 bridgehead atoms. The van der Waals surface area contributed by atoms with Gasteiger partial charge in [0.05, 0.1) is 5.92 Å². The van der Waals surface area contributed by atoms with Crippen LogP contribution < -0.4 is 20.7 Å². The summed E-state index contributed by atoms with van der Waals surface area (Å²) in [5.74, 6) is 1.03. The number of nitrogens with one attached hydrogen (secondary N) is 1. The smallest absolute Gasteiger partial charge is 0.391 e. The van der Waals surface area contributed by atoms with E-state index in [1.54, 1.807) is 0 Å². The third-order valence-corrected chi connectivity index (χ3v) is 6.08. The summed E-state index contributed by atoms with van der Waals surface area (Å²) in [6, 6.07) is 3.75. The molecular weight excluding hydrogens is 357 g/mol. The van der Waals surface area contributed by atoms with Crippen LogP contribution in [0, 0.1) is 17.8 Å². The van der Waals surface area contributed by atoms with Crippen molar-refractivity contribution in [1.82, 2.24) is 10.3 Å². The van der Waals surface area contributed by atoms with Crippen LogP contribution in [0.3, 0.4) is 0 Å². The topological polar surface area (TPSA) is 63.4 Å². The van der Waals surface area contributed by atoms with Crippen LogP contribution in [0.5, 0.6) is 5.88 Å². The van der Waals surface area contributed by atoms with Crippen molar-refractivity contribution in [2.24, 2.45) is 23.5 Å². The van der Waals surface area contributed by atoms with Crippen LogP contribution in [-0.2, 0) is 5.54 Å². The first-order valence-electron chi connectivity index (χ1n) is 9.63. The number of nitrogens with zero attached hydrogens (tertiary/aromatic N) is 2. The molecule has 3 N–H and O–H groups in total. The van der Waals surface area contributed by atoms with E-state index in [-0.39, 0.29) is 18.9 Å². The molecule has 1 aliphatic carbocycles. The molecule has 1 saturated carbocycles. The van der Waals surface area contributed by atoms with Gasteiger partial charge in [0.25, 0.3) is 0 Å². The molecule has 5 nitrogen and oxygen atoms in total. The third kappa shape index (κ3) is 3.87. The molecule has 3 heterocycles. The maximum atomic E-state index is 12.9. The molecule has 1 aromatic rings. The summed E-state index contributed by atoms with van der Waals surface area (Å²) in [5.41, 5.74) is 6.58. The van der Waals surface area contributed by atoms with E-state index >= 15 is 0 Å². The van der Waals surface area contributed by atoms with Gasteiger partial charge in [-0.15, -0.1) is 0 Å². The molecule has 0 radical (unpaired) electrons. The summed E-state index contributed by atoms with van der Waals surface area (Å²) in [7, 11) is 0. The Hall–Kier alpha value is -1.54. The van der Waals surface area contributed by atoms with Crippen molar-refractivity contribution in [3.05, 3.63) is 17.7 Å². The van der Waals surface area contributed by atoms with Gasteiger partial charge in [-0.25, -0.2) is 0 Å². The molecule has 2 unspecified atom stereocenters. The highest BCUT2D eigenvalue weighted by Gasteiger charge is 2.55. The second kappa shape index (κ2) is 6.51. The SMILES string of the molecule is CC(C)(N)c1cc(OC2C3CNCC32)nc(N2CCC(C(F)(F)F)CC2)c1. The number of anilines is 1. The second-order valence-electron chi connectivity index (χ2n) is 8.65. The molecule has 150 valence electrons. The Morgan fingerprint density at radius 1 is 1.15 bits per heavy atom. The fourth-order valence-electron chi connectivity index (χ4n) is 4.20. The third-order valence-electron chi connectivity index (χ3n) is 6.08. The summed E-state index contributed by atoms with van der Waals surface area (Å²) in [4.78, 5) is 6.53. The maximum Gasteiger partial charge on any atom is 0.391 e. The quantitative estimate of drug-likeness (QED) is 0.836. The van der Waals surface area contributed by atoms with Crippen LogP contribution in [0.2, 0.25) is 0 Å². The minimum atomic E-state index is -4.12. The van der Waals surface area contributed by atoms with E-state index in [9.17, 15) is 13.2 Å². The lowest BCUT2D eigenvalue weighted by Gasteiger charge is -2.34. The number of hydrogen-bond acceptors (Lipinski definition) is 5. The average Bonchev–Trinajstić information content (AvgIpc) is 3.02. The van der Waals surface area contributed by atoms with E-state index in [1.165, 1.54) is 0 Å². The highest BCUT2D eigenvalue weighted by atomic mass is 19.4. The minimum Gasteiger partial charge on any atom is -0.474 e. The number of fused-ring (bicyclic) bond motifs is 1. The lowest BCUT2D eigenvalue weighted by molar-refractivity contribution is -0.179. The van der Waals surface area contributed by atoms with Crippen molar-refractivity contribution in [2.45, 2.75) is 44.5 Å². The van der Waals surface area contributed by atoms with E-state index in [1.807, 2.05) is 30.9 Å². The second-order valence-corrected chi connectivity index (χ2v) is 8.65. The lowest BCUT2D eigenvalue weighted by atomic mass is 9.94. The molecule has 2 saturated heterocycles. The largest absolute Gasteiger partial charge is 0.474 e. The van der Waals surface area contributed by atoms with Gasteiger partial charge in [-0.3, -0.25) is 0 Å². The van der Waals surface area contributed by atoms with Crippen LogP contribution in [0.4, 0.5) is 19.0 Å². The molecule has 27 heavy (non-hydrogen) atoms. The molecule has 4 rings (SSSR count). The van der Waals surface area contributed by atoms with Crippen LogP contribution >= 0.6 is 0 Å². The number of ether oxygens (including phenoxy) is 1. The van der Waals surface area contributed by atoms with Crippen molar-refractivity contribution in [1.29, 1.82) is 0 Å². The van der Waals surface area contributed by atoms with Crippen LogP contribution in [-0.4, -0.2) is 43.4 Å². The van der Waals surface area contributed by atoms with Crippen molar-refractivity contribution in [3.63, 3.8) is 0 Å². The monoisotopic (exact) mass is 384 g/mol. The fourth-order valence-corrected chi connectivity index (χ4v) is 4.20. The Bertz CT molecular complexity index is 685. The number of rotatable bonds is 4. The molecule has 3 aliphatic rings. The van der Waals surface area contributed by atoms with Crippen molar-refractivity contribution >= 4 is 5.82 Å². The number of alkyl halides is 3. The maximum absolute atomic E-state index is 12.9. The number of halogens is 3. The van der Waals surface area contributed by atoms with E-state index in [4.69, 9.17) is 10.5 Å². The Kier molecular flexibility index (Phi) is 4.54. The van der Waals surface area contributed by atoms with Crippen molar-refractivity contribution in [3.8, 4) is 5.88 Å². The fraction of sp³-hybridized carbons (Fsp3) is 0.737. The Morgan fingerprint density at radius 2 is 1.78 bits per heavy atom. The first-order valence-corrected chi connectivity index (χ1v) is 9.63. The van der Waals surface area contributed by atoms with Gasteiger partial charge in [0.2, 0.25) is 5.88 Å². The van der Waals surface area contributed by atoms with Gasteiger partial charge in [-0.05, 0) is 38.3 Å². The van der Waals surface area contributed by atoms with Gasteiger partial charge in [0.15, 0.2) is 0 Å². The summed E-state index contributed by atoms with van der Waals surface area (Å²) >= 11 is 0. The van der Waals surface area contributed by atoms with Gasteiger partial charge >= 0.3 is 6.18 Å². The molecule has 3 fully saturated rings. The predicted octanol–water partition coefficient (Wildman–Crippen LogP) is 2.65. The number of aromatic nitrogens is 1. The predicted molar refractivity (Wildman–Crippen MR) is 96.7 cm³/mol. The molecule has 2 aliphatic heterocycles. The normalized spacial score (nSPS) is 29.0. The molecule has 2 atom stereocenters. The highest BCUT2D eigenvalue weighted by Crippen LogP contribution is 2.45. The summed E-state index contributed by atoms with van der Waals surface area (Å²) in [6.45, 7) is 6.42. The molecule has 1 aromatic heterocycles. The molecule has 0 amide bonds. The van der Waals surface area contributed by atoms with E-state index in [0.717, 1.165) is 18.7 Å². The zero-order valence-electron chi connectivity index (χ0n) is 15.7. The summed E-state index contributed by atoms with van der Waals surface area (Å²) < 4.78 is 44.9. The number of nitrogens with two attached hydrogens (primary N) is 1.